The van der Waals surface area contributed by atoms with Crippen molar-refractivity contribution >= 4 is 0 Å². The van der Waals surface area contributed by atoms with E-state index in [1.165, 1.54) is 0 Å². The summed E-state index contributed by atoms with van der Waals surface area (Å²) in [7, 11) is 1.68. The van der Waals surface area contributed by atoms with Gasteiger partial charge in [-0.3, -0.25) is 0 Å². The number of nitrogens with zero attached hydrogens (tertiary/aromatic N) is 2. The fourth-order valence-electron chi connectivity index (χ4n) is 1.61. The molecule has 0 unspecified atom stereocenters. The van der Waals surface area contributed by atoms with Crippen molar-refractivity contribution < 1.29 is 8.78 Å². The van der Waals surface area contributed by atoms with E-state index in [0.717, 1.165) is 12.8 Å². The third kappa shape index (κ3) is 3.27. The molecule has 0 aromatic rings. The molecule has 0 heterocycles. The monoisotopic (exact) mass is 188 g/mol. The molecule has 0 aromatic carbocycles. The van der Waals surface area contributed by atoms with Crippen molar-refractivity contribution in [3.8, 4) is 6.07 Å². The Morgan fingerprint density at radius 1 is 1.54 bits per heavy atom. The Kier molecular flexibility index (Phi) is 3.21. The molecule has 0 spiro atoms. The van der Waals surface area contributed by atoms with Gasteiger partial charge in [-0.1, -0.05) is 0 Å². The molecule has 1 aliphatic rings. The van der Waals surface area contributed by atoms with Gasteiger partial charge in [0, 0.05) is 13.0 Å². The van der Waals surface area contributed by atoms with Crippen LogP contribution < -0.4 is 0 Å². The minimum Gasteiger partial charge on any atom is -0.300 e. The smallest absolute Gasteiger partial charge is 0.251 e. The molecule has 13 heavy (non-hydrogen) atoms. The molecule has 0 radical (unpaired) electrons. The topological polar surface area (TPSA) is 27.0 Å². The fraction of sp³-hybridized carbons (Fsp3) is 0.889. The molecule has 0 atom stereocenters. The number of hydrogen-bond donors (Lipinski definition) is 0. The standard InChI is InChI=1S/C9H14F2N2/c1-13(6-8(10)11)7-9(2-3-9)4-5-12/h8H,2-4,6-7H2,1H3. The number of halogens is 2. The van der Waals surface area contributed by atoms with E-state index in [9.17, 15) is 8.78 Å². The summed E-state index contributed by atoms with van der Waals surface area (Å²) in [6, 6.07) is 2.11. The van der Waals surface area contributed by atoms with E-state index in [-0.39, 0.29) is 12.0 Å². The fourth-order valence-corrected chi connectivity index (χ4v) is 1.61. The first-order valence-corrected chi connectivity index (χ1v) is 4.42. The number of alkyl halides is 2. The van der Waals surface area contributed by atoms with Gasteiger partial charge in [0.1, 0.15) is 0 Å². The van der Waals surface area contributed by atoms with Gasteiger partial charge in [-0.05, 0) is 25.3 Å². The van der Waals surface area contributed by atoms with Crippen molar-refractivity contribution in [3.63, 3.8) is 0 Å². The molecule has 1 fully saturated rings. The van der Waals surface area contributed by atoms with E-state index in [1.54, 1.807) is 11.9 Å². The Morgan fingerprint density at radius 2 is 2.15 bits per heavy atom. The van der Waals surface area contributed by atoms with E-state index in [4.69, 9.17) is 5.26 Å². The first kappa shape index (κ1) is 10.4. The lowest BCUT2D eigenvalue weighted by Gasteiger charge is -2.21. The third-order valence-corrected chi connectivity index (χ3v) is 2.47. The van der Waals surface area contributed by atoms with Crippen LogP contribution in [0, 0.1) is 16.7 Å². The molecule has 1 aliphatic carbocycles. The lowest BCUT2D eigenvalue weighted by molar-refractivity contribution is 0.0912. The highest BCUT2D eigenvalue weighted by Crippen LogP contribution is 2.48. The number of rotatable bonds is 5. The molecule has 4 heteroatoms. The summed E-state index contributed by atoms with van der Waals surface area (Å²) >= 11 is 0. The second kappa shape index (κ2) is 4.01. The van der Waals surface area contributed by atoms with Gasteiger partial charge in [-0.15, -0.1) is 0 Å². The molecule has 0 aliphatic heterocycles. The van der Waals surface area contributed by atoms with Gasteiger partial charge in [0.05, 0.1) is 12.6 Å². The van der Waals surface area contributed by atoms with Crippen LogP contribution in [-0.2, 0) is 0 Å². The first-order valence-electron chi connectivity index (χ1n) is 4.42. The van der Waals surface area contributed by atoms with Gasteiger partial charge in [0.2, 0.25) is 0 Å². The summed E-state index contributed by atoms with van der Waals surface area (Å²) < 4.78 is 23.9. The maximum atomic E-state index is 12.0. The molecule has 2 nitrogen and oxygen atoms in total. The third-order valence-electron chi connectivity index (χ3n) is 2.47. The maximum Gasteiger partial charge on any atom is 0.251 e. The minimum absolute atomic E-state index is 0.0401. The summed E-state index contributed by atoms with van der Waals surface area (Å²) in [5, 5.41) is 8.52. The van der Waals surface area contributed by atoms with Crippen molar-refractivity contribution in [2.75, 3.05) is 20.1 Å². The van der Waals surface area contributed by atoms with Crippen LogP contribution in [0.1, 0.15) is 19.3 Å². The Morgan fingerprint density at radius 3 is 2.54 bits per heavy atom. The Bertz CT molecular complexity index is 206. The largest absolute Gasteiger partial charge is 0.300 e. The highest BCUT2D eigenvalue weighted by atomic mass is 19.3. The van der Waals surface area contributed by atoms with E-state index in [0.29, 0.717) is 13.0 Å². The van der Waals surface area contributed by atoms with Gasteiger partial charge in [-0.25, -0.2) is 8.78 Å². The normalized spacial score (nSPS) is 19.1. The van der Waals surface area contributed by atoms with Gasteiger partial charge >= 0.3 is 0 Å². The molecule has 0 bridgehead atoms. The van der Waals surface area contributed by atoms with Crippen LogP contribution in [0.25, 0.3) is 0 Å². The first-order chi connectivity index (χ1) is 6.08. The summed E-state index contributed by atoms with van der Waals surface area (Å²) in [6.45, 7) is 0.443. The molecule has 1 saturated carbocycles. The molecule has 0 aromatic heterocycles. The van der Waals surface area contributed by atoms with E-state index in [2.05, 4.69) is 6.07 Å². The lowest BCUT2D eigenvalue weighted by Crippen LogP contribution is -2.30. The van der Waals surface area contributed by atoms with Gasteiger partial charge in [0.15, 0.2) is 0 Å². The van der Waals surface area contributed by atoms with E-state index < -0.39 is 6.43 Å². The second-order valence-electron chi connectivity index (χ2n) is 3.92. The van der Waals surface area contributed by atoms with Crippen LogP contribution in [0.5, 0.6) is 0 Å². The van der Waals surface area contributed by atoms with Crippen LogP contribution in [-0.4, -0.2) is 31.5 Å². The summed E-state index contributed by atoms with van der Waals surface area (Å²) in [6.07, 6.45) is 0.242. The predicted octanol–water partition coefficient (Wildman–Crippen LogP) is 1.88. The average molecular weight is 188 g/mol. The van der Waals surface area contributed by atoms with Gasteiger partial charge < -0.3 is 4.90 Å². The highest BCUT2D eigenvalue weighted by Gasteiger charge is 2.43. The maximum absolute atomic E-state index is 12.0. The minimum atomic E-state index is -2.28. The van der Waals surface area contributed by atoms with Crippen molar-refractivity contribution in [2.24, 2.45) is 5.41 Å². The quantitative estimate of drug-likeness (QED) is 0.658. The zero-order valence-electron chi connectivity index (χ0n) is 7.76. The lowest BCUT2D eigenvalue weighted by atomic mass is 10.0. The van der Waals surface area contributed by atoms with Crippen molar-refractivity contribution in [3.05, 3.63) is 0 Å². The van der Waals surface area contributed by atoms with Crippen LogP contribution in [0.2, 0.25) is 0 Å². The highest BCUT2D eigenvalue weighted by molar-refractivity contribution is 5.00. The summed E-state index contributed by atoms with van der Waals surface area (Å²) in [5.74, 6) is 0. The van der Waals surface area contributed by atoms with Crippen LogP contribution in [0.3, 0.4) is 0 Å². The molecule has 0 saturated heterocycles. The molecule has 0 amide bonds. The van der Waals surface area contributed by atoms with Crippen molar-refractivity contribution in [2.45, 2.75) is 25.7 Å². The summed E-state index contributed by atoms with van der Waals surface area (Å²) in [4.78, 5) is 1.62. The number of hydrogen-bond acceptors (Lipinski definition) is 2. The van der Waals surface area contributed by atoms with Gasteiger partial charge in [-0.2, -0.15) is 5.26 Å². The SMILES string of the molecule is CN(CC(F)F)CC1(CC#N)CC1. The predicted molar refractivity (Wildman–Crippen MR) is 45.4 cm³/mol. The number of nitriles is 1. The molecule has 1 rings (SSSR count). The zero-order chi connectivity index (χ0) is 9.90. The molecule has 0 N–H and O–H groups in total. The zero-order valence-corrected chi connectivity index (χ0v) is 7.76. The molecular weight excluding hydrogens is 174 g/mol. The van der Waals surface area contributed by atoms with Crippen molar-refractivity contribution in [1.82, 2.24) is 4.90 Å². The summed E-state index contributed by atoms with van der Waals surface area (Å²) in [5.41, 5.74) is 0.0401. The molecule has 74 valence electrons. The van der Waals surface area contributed by atoms with Crippen LogP contribution in [0.4, 0.5) is 8.78 Å². The van der Waals surface area contributed by atoms with E-state index >= 15 is 0 Å². The van der Waals surface area contributed by atoms with Crippen LogP contribution >= 0.6 is 0 Å². The Labute approximate surface area is 77.1 Å². The molecular formula is C9H14F2N2. The Balaban J connectivity index is 2.28. The Hall–Kier alpha value is -0.690. The average Bonchev–Trinajstić information content (AvgIpc) is 2.67. The second-order valence-corrected chi connectivity index (χ2v) is 3.92. The van der Waals surface area contributed by atoms with Gasteiger partial charge in [0.25, 0.3) is 6.43 Å². The van der Waals surface area contributed by atoms with Crippen molar-refractivity contribution in [1.29, 1.82) is 5.26 Å². The van der Waals surface area contributed by atoms with Crippen LogP contribution in [0.15, 0.2) is 0 Å². The van der Waals surface area contributed by atoms with E-state index in [1.807, 2.05) is 0 Å².